The van der Waals surface area contributed by atoms with Gasteiger partial charge in [0.25, 0.3) is 16.7 Å². The molecule has 1 aromatic heterocycles. The highest BCUT2D eigenvalue weighted by atomic mass is 35.5. The zero-order valence-electron chi connectivity index (χ0n) is 52.2. The van der Waals surface area contributed by atoms with Gasteiger partial charge in [-0.3, -0.25) is 24.4 Å². The van der Waals surface area contributed by atoms with Crippen LogP contribution in [0.25, 0.3) is 51.7 Å². The molecule has 13 rings (SSSR count). The van der Waals surface area contributed by atoms with Gasteiger partial charge in [0.1, 0.15) is 5.48 Å². The first-order valence-corrected chi connectivity index (χ1v) is 32.2. The van der Waals surface area contributed by atoms with E-state index in [9.17, 15) is 24.0 Å². The summed E-state index contributed by atoms with van der Waals surface area (Å²) < 4.78 is 3.93. The molecule has 0 saturated heterocycles. The number of nitrogens with zero attached hydrogens (tertiary/aromatic N) is 9. The lowest BCUT2D eigenvalue weighted by Gasteiger charge is -2.29. The fourth-order valence-corrected chi connectivity index (χ4v) is 12.7. The number of aromatic nitrogens is 10. The maximum Gasteiger partial charge on any atom is 0.349 e. The number of H-pyrrole nitrogens is 3. The fraction of sp³-hybridized carbons (Fsp3) is 0.319. The van der Waals surface area contributed by atoms with Crippen LogP contribution in [-0.4, -0.2) is 55.6 Å². The number of nitrogens with one attached hydrogen (secondary N) is 3. The molecule has 2 atom stereocenters. The Morgan fingerprint density at radius 3 is 1.77 bits per heavy atom. The Kier molecular flexibility index (Phi) is 19.4. The van der Waals surface area contributed by atoms with Crippen LogP contribution in [0.1, 0.15) is 141 Å². The van der Waals surface area contributed by atoms with Gasteiger partial charge in [0.15, 0.2) is 34.2 Å². The SMILES string of the molecule is C=c1nc2c(c(=O)[nH]1)=Nc1cc(CC)c(C)cc1N2CCC(C)c1ccc(Cl)cc1.CCCc1ccc2c(c1)nc1c(=O)[nH]c(=O)nc-1n2CCC(C)c1ccc(C)cc1.O=c1nc2n(CCCc3ccc(Cl)cc3)c3ccc(C4CCCC4)cc3nc-2c(=O)[nH]1. The lowest BCUT2D eigenvalue weighted by molar-refractivity contribution is 0.582. The van der Waals surface area contributed by atoms with Crippen molar-refractivity contribution in [3.8, 4) is 23.0 Å². The Hall–Kier alpha value is -9.19. The van der Waals surface area contributed by atoms with E-state index in [1.807, 2.05) is 57.7 Å². The number of anilines is 2. The molecule has 2 unspecified atom stereocenters. The van der Waals surface area contributed by atoms with Crippen molar-refractivity contribution in [1.29, 1.82) is 0 Å². The van der Waals surface area contributed by atoms with E-state index in [0.29, 0.717) is 70.7 Å². The summed E-state index contributed by atoms with van der Waals surface area (Å²) in [5.74, 6) is 2.46. The minimum atomic E-state index is -0.646. The number of aryl methyl sites for hydroxylation is 7. The molecular formula is C72H74Cl2N12O5. The van der Waals surface area contributed by atoms with E-state index in [1.54, 1.807) is 0 Å². The standard InChI is InChI=1S/C24H23ClN4O2.C24H25ClN4O.C24H26N4O2/c25-18-10-7-15(8-11-18)4-3-13-29-20-12-9-17(16-5-1-2-6-16)14-19(20)26-21-22(29)27-24(31)28-23(21)30;1-5-17-13-20-21(12-15(17)3)29(23-22(28-20)24(30)27-16(4)26-23)11-10-14(2)18-6-8-19(25)9-7-18;1-4-5-17-8-11-20-19(14-17)25-21-22(26-24(30)27-23(21)29)28(20)13-12-16(3)18-9-6-15(2)7-10-18/h7-12,14,16H,1-6,13H2,(H,28,30,31);6-9,12-14H,4-5,10-11H2,1-3H3,(H,27,30);6-11,14,16H,4-5,12-13H2,1-3H3,(H,27,29,30). The Bertz CT molecular complexity index is 4820. The molecule has 6 aliphatic rings. The highest BCUT2D eigenvalue weighted by Gasteiger charge is 2.26. The van der Waals surface area contributed by atoms with Crippen LogP contribution >= 0.6 is 23.2 Å². The van der Waals surface area contributed by atoms with Crippen LogP contribution in [0.5, 0.6) is 0 Å². The molecule has 1 fully saturated rings. The molecule has 5 aliphatic heterocycles. The van der Waals surface area contributed by atoms with Crippen LogP contribution < -0.4 is 43.8 Å². The average molecular weight is 1260 g/mol. The Morgan fingerprint density at radius 1 is 0.593 bits per heavy atom. The summed E-state index contributed by atoms with van der Waals surface area (Å²) in [4.78, 5) is 97.2. The molecule has 3 N–H and O–H groups in total. The quantitative estimate of drug-likeness (QED) is 0.0772. The molecule has 0 radical (unpaired) electrons. The monoisotopic (exact) mass is 1260 g/mol. The van der Waals surface area contributed by atoms with Gasteiger partial charge in [-0.15, -0.1) is 0 Å². The number of halogens is 2. The molecule has 6 heterocycles. The fourth-order valence-electron chi connectivity index (χ4n) is 12.5. The van der Waals surface area contributed by atoms with Crippen LogP contribution in [0.4, 0.5) is 17.2 Å². The smallest absolute Gasteiger partial charge is 0.322 e. The molecular weight excluding hydrogens is 1180 g/mol. The number of rotatable bonds is 16. The van der Waals surface area contributed by atoms with E-state index < -0.39 is 22.5 Å². The summed E-state index contributed by atoms with van der Waals surface area (Å²) in [6.07, 6.45) is 11.2. The first-order chi connectivity index (χ1) is 43.9. The second kappa shape index (κ2) is 27.9. The summed E-state index contributed by atoms with van der Waals surface area (Å²) in [5.41, 5.74) is 13.1. The number of hydrogen-bond donors (Lipinski definition) is 3. The minimum Gasteiger partial charge on any atom is -0.322 e. The van der Waals surface area contributed by atoms with Crippen LogP contribution in [0.15, 0.2) is 150 Å². The molecule has 1 aliphatic carbocycles. The summed E-state index contributed by atoms with van der Waals surface area (Å²) in [5, 5.41) is 1.80. The minimum absolute atomic E-state index is 0.207. The van der Waals surface area contributed by atoms with Crippen molar-refractivity contribution in [3.05, 3.63) is 239 Å². The Morgan fingerprint density at radius 2 is 1.15 bits per heavy atom. The lowest BCUT2D eigenvalue weighted by atomic mass is 9.97. The summed E-state index contributed by atoms with van der Waals surface area (Å²) in [6, 6.07) is 41.0. The van der Waals surface area contributed by atoms with Gasteiger partial charge in [-0.05, 0) is 183 Å². The topological polar surface area (TPSA) is 223 Å². The number of benzene rings is 6. The third kappa shape index (κ3) is 14.4. The van der Waals surface area contributed by atoms with Crippen molar-refractivity contribution >= 4 is 69.0 Å². The lowest BCUT2D eigenvalue weighted by Crippen LogP contribution is -2.42. The maximum atomic E-state index is 12.6. The van der Waals surface area contributed by atoms with E-state index >= 15 is 0 Å². The van der Waals surface area contributed by atoms with Gasteiger partial charge >= 0.3 is 11.4 Å². The Labute approximate surface area is 536 Å². The highest BCUT2D eigenvalue weighted by Crippen LogP contribution is 2.39. The first-order valence-electron chi connectivity index (χ1n) is 31.4. The first kappa shape index (κ1) is 63.4. The third-order valence-corrected chi connectivity index (χ3v) is 18.1. The summed E-state index contributed by atoms with van der Waals surface area (Å²) in [6.45, 7) is 18.6. The molecule has 1 saturated carbocycles. The van der Waals surface area contributed by atoms with Crippen molar-refractivity contribution in [2.45, 2.75) is 143 Å². The van der Waals surface area contributed by atoms with Gasteiger partial charge in [-0.2, -0.15) is 9.97 Å². The molecule has 91 heavy (non-hydrogen) atoms. The van der Waals surface area contributed by atoms with Crippen molar-refractivity contribution in [1.82, 2.24) is 49.0 Å². The molecule has 0 bridgehead atoms. The number of fused-ring (bicyclic) bond motifs is 6. The van der Waals surface area contributed by atoms with Crippen molar-refractivity contribution in [3.63, 3.8) is 0 Å². The van der Waals surface area contributed by atoms with Crippen LogP contribution in [0.3, 0.4) is 0 Å². The molecule has 19 heteroatoms. The molecule has 466 valence electrons. The van der Waals surface area contributed by atoms with Crippen LogP contribution in [0.2, 0.25) is 10.0 Å². The van der Waals surface area contributed by atoms with Crippen molar-refractivity contribution < 1.29 is 0 Å². The second-order valence-electron chi connectivity index (χ2n) is 24.1. The molecule has 6 aromatic carbocycles. The summed E-state index contributed by atoms with van der Waals surface area (Å²) in [7, 11) is 0. The largest absolute Gasteiger partial charge is 0.349 e. The van der Waals surface area contributed by atoms with Gasteiger partial charge in [0.05, 0.1) is 33.4 Å². The van der Waals surface area contributed by atoms with Gasteiger partial charge in [0, 0.05) is 29.7 Å². The zero-order valence-corrected chi connectivity index (χ0v) is 53.7. The van der Waals surface area contributed by atoms with E-state index in [2.05, 4.69) is 171 Å². The van der Waals surface area contributed by atoms with E-state index in [-0.39, 0.29) is 16.9 Å². The summed E-state index contributed by atoms with van der Waals surface area (Å²) >= 11 is 12.0. The normalized spacial score (nSPS) is 13.5. The van der Waals surface area contributed by atoms with Crippen molar-refractivity contribution in [2.75, 3.05) is 11.4 Å². The number of aromatic amines is 3. The third-order valence-electron chi connectivity index (χ3n) is 17.6. The van der Waals surface area contributed by atoms with Gasteiger partial charge < -0.3 is 19.0 Å². The van der Waals surface area contributed by atoms with Crippen molar-refractivity contribution in [2.24, 2.45) is 4.99 Å². The number of hydrogen-bond acceptors (Lipinski definition) is 12. The van der Waals surface area contributed by atoms with Crippen LogP contribution in [-0.2, 0) is 32.4 Å². The van der Waals surface area contributed by atoms with Crippen LogP contribution in [0, 0.1) is 13.8 Å². The predicted octanol–water partition coefficient (Wildman–Crippen LogP) is 12.9. The average Bonchev–Trinajstić information content (AvgIpc) is 1.43. The second-order valence-corrected chi connectivity index (χ2v) is 24.9. The predicted molar refractivity (Wildman–Crippen MR) is 364 cm³/mol. The van der Waals surface area contributed by atoms with Gasteiger partial charge in [-0.1, -0.05) is 143 Å². The Balaban J connectivity index is 0.000000140. The molecule has 7 aromatic rings. The molecule has 0 spiro atoms. The molecule has 0 amide bonds. The van der Waals surface area contributed by atoms with E-state index in [1.165, 1.54) is 70.2 Å². The van der Waals surface area contributed by atoms with E-state index in [0.717, 1.165) is 83.4 Å². The maximum absolute atomic E-state index is 12.6. The van der Waals surface area contributed by atoms with Gasteiger partial charge in [-0.25, -0.2) is 29.5 Å². The van der Waals surface area contributed by atoms with E-state index in [4.69, 9.17) is 23.2 Å². The highest BCUT2D eigenvalue weighted by molar-refractivity contribution is 6.30. The molecule has 17 nitrogen and oxygen atoms in total. The van der Waals surface area contributed by atoms with Gasteiger partial charge in [0.2, 0.25) is 0 Å². The zero-order chi connectivity index (χ0) is 64.0.